The summed E-state index contributed by atoms with van der Waals surface area (Å²) >= 11 is 0. The van der Waals surface area contributed by atoms with Crippen molar-refractivity contribution in [1.82, 2.24) is 19.6 Å². The lowest BCUT2D eigenvalue weighted by molar-refractivity contribution is 0.0467. The van der Waals surface area contributed by atoms with Crippen molar-refractivity contribution in [2.75, 3.05) is 32.8 Å². The van der Waals surface area contributed by atoms with Crippen molar-refractivity contribution in [3.63, 3.8) is 0 Å². The van der Waals surface area contributed by atoms with Crippen LogP contribution in [0.2, 0.25) is 0 Å². The zero-order valence-corrected chi connectivity index (χ0v) is 16.3. The number of piperazine rings is 1. The molecule has 0 radical (unpaired) electrons. The smallest absolute Gasteiger partial charge is 0.275 e. The molecule has 2 aromatic rings. The molecule has 27 heavy (non-hydrogen) atoms. The third-order valence-corrected chi connectivity index (χ3v) is 5.32. The van der Waals surface area contributed by atoms with Gasteiger partial charge < -0.3 is 10.0 Å². The molecule has 1 amide bonds. The summed E-state index contributed by atoms with van der Waals surface area (Å²) in [4.78, 5) is 29.9. The lowest BCUT2D eigenvalue weighted by Gasteiger charge is -2.38. The van der Waals surface area contributed by atoms with E-state index in [0.29, 0.717) is 29.6 Å². The van der Waals surface area contributed by atoms with E-state index in [0.717, 1.165) is 19.5 Å². The normalized spacial score (nSPS) is 16.9. The van der Waals surface area contributed by atoms with Crippen LogP contribution in [0.4, 0.5) is 0 Å². The maximum atomic E-state index is 13.2. The first-order valence-corrected chi connectivity index (χ1v) is 9.63. The number of hydrogen-bond donors (Lipinski definition) is 1. The van der Waals surface area contributed by atoms with Crippen LogP contribution in [0.1, 0.15) is 43.7 Å². The van der Waals surface area contributed by atoms with Crippen LogP contribution in [0.3, 0.4) is 0 Å². The zero-order chi connectivity index (χ0) is 19.6. The number of aliphatic hydroxyl groups excluding tert-OH is 1. The van der Waals surface area contributed by atoms with Crippen molar-refractivity contribution >= 4 is 16.7 Å². The number of carbonyl (C=O) groups is 1. The fourth-order valence-corrected chi connectivity index (χ4v) is 3.66. The van der Waals surface area contributed by atoms with Crippen LogP contribution >= 0.6 is 0 Å². The van der Waals surface area contributed by atoms with Crippen LogP contribution in [0.25, 0.3) is 10.8 Å². The third kappa shape index (κ3) is 3.75. The highest BCUT2D eigenvalue weighted by atomic mass is 16.3. The molecule has 1 aliphatic heterocycles. The van der Waals surface area contributed by atoms with Crippen LogP contribution in [-0.4, -0.2) is 69.4 Å². The summed E-state index contributed by atoms with van der Waals surface area (Å²) in [5.41, 5.74) is 0.164. The van der Waals surface area contributed by atoms with Gasteiger partial charge in [-0.25, -0.2) is 4.68 Å². The van der Waals surface area contributed by atoms with Crippen molar-refractivity contribution in [2.24, 2.45) is 0 Å². The van der Waals surface area contributed by atoms with E-state index in [2.05, 4.69) is 16.9 Å². The summed E-state index contributed by atoms with van der Waals surface area (Å²) in [6.45, 7) is 8.60. The first-order valence-electron chi connectivity index (χ1n) is 9.63. The first kappa shape index (κ1) is 19.5. The van der Waals surface area contributed by atoms with Gasteiger partial charge in [0.1, 0.15) is 0 Å². The van der Waals surface area contributed by atoms with Gasteiger partial charge in [-0.1, -0.05) is 25.1 Å². The molecule has 0 saturated carbocycles. The van der Waals surface area contributed by atoms with Gasteiger partial charge in [0.15, 0.2) is 5.69 Å². The second-order valence-corrected chi connectivity index (χ2v) is 7.31. The Morgan fingerprint density at radius 1 is 1.15 bits per heavy atom. The number of aromatic nitrogens is 2. The lowest BCUT2D eigenvalue weighted by atomic mass is 10.1. The Morgan fingerprint density at radius 2 is 1.78 bits per heavy atom. The average Bonchev–Trinajstić information content (AvgIpc) is 2.69. The lowest BCUT2D eigenvalue weighted by Crippen LogP contribution is -2.53. The molecule has 146 valence electrons. The molecule has 0 bridgehead atoms. The number of amides is 1. The van der Waals surface area contributed by atoms with E-state index in [1.54, 1.807) is 23.1 Å². The van der Waals surface area contributed by atoms with Crippen LogP contribution < -0.4 is 5.56 Å². The van der Waals surface area contributed by atoms with Crippen molar-refractivity contribution in [3.8, 4) is 0 Å². The quantitative estimate of drug-likeness (QED) is 0.861. The number of rotatable bonds is 5. The molecule has 1 aliphatic rings. The van der Waals surface area contributed by atoms with Crippen molar-refractivity contribution in [2.45, 2.75) is 39.3 Å². The molecule has 0 aliphatic carbocycles. The van der Waals surface area contributed by atoms with Crippen LogP contribution in [0.5, 0.6) is 0 Å². The second kappa shape index (κ2) is 8.19. The van der Waals surface area contributed by atoms with E-state index in [1.165, 1.54) is 4.68 Å². The zero-order valence-electron chi connectivity index (χ0n) is 16.3. The minimum absolute atomic E-state index is 0.125. The Morgan fingerprint density at radius 3 is 2.33 bits per heavy atom. The van der Waals surface area contributed by atoms with E-state index in [-0.39, 0.29) is 30.2 Å². The molecule has 7 heteroatoms. The van der Waals surface area contributed by atoms with Crippen molar-refractivity contribution in [1.29, 1.82) is 0 Å². The van der Waals surface area contributed by atoms with Gasteiger partial charge in [0.2, 0.25) is 0 Å². The maximum absolute atomic E-state index is 13.2. The van der Waals surface area contributed by atoms with E-state index in [4.69, 9.17) is 0 Å². The minimum Gasteiger partial charge on any atom is -0.395 e. The van der Waals surface area contributed by atoms with Crippen molar-refractivity contribution in [3.05, 3.63) is 40.3 Å². The van der Waals surface area contributed by atoms with E-state index in [9.17, 15) is 14.7 Å². The molecule has 0 spiro atoms. The van der Waals surface area contributed by atoms with Crippen LogP contribution in [0, 0.1) is 0 Å². The molecule has 1 atom stereocenters. The molecule has 1 N–H and O–H groups in total. The molecule has 1 fully saturated rings. The molecule has 1 saturated heterocycles. The second-order valence-electron chi connectivity index (χ2n) is 7.31. The molecule has 2 heterocycles. The van der Waals surface area contributed by atoms with Crippen LogP contribution in [-0.2, 0) is 0 Å². The van der Waals surface area contributed by atoms with E-state index in [1.807, 2.05) is 19.9 Å². The first-order chi connectivity index (χ1) is 13.0. The SMILES string of the molecule is CCC(CO)N1CCN(C(=O)c2nn(C(C)C)c(=O)c3ccccc23)CC1. The predicted octanol–water partition coefficient (Wildman–Crippen LogP) is 1.51. The molecule has 1 unspecified atom stereocenters. The molecule has 1 aromatic heterocycles. The third-order valence-electron chi connectivity index (χ3n) is 5.32. The van der Waals surface area contributed by atoms with Gasteiger partial charge in [0, 0.05) is 37.6 Å². The number of fused-ring (bicyclic) bond motifs is 1. The summed E-state index contributed by atoms with van der Waals surface area (Å²) in [6.07, 6.45) is 0.885. The van der Waals surface area contributed by atoms with Gasteiger partial charge >= 0.3 is 0 Å². The van der Waals surface area contributed by atoms with E-state index >= 15 is 0 Å². The summed E-state index contributed by atoms with van der Waals surface area (Å²) in [7, 11) is 0. The molecule has 1 aromatic carbocycles. The van der Waals surface area contributed by atoms with Gasteiger partial charge in [-0.3, -0.25) is 14.5 Å². The van der Waals surface area contributed by atoms with Gasteiger partial charge in [-0.05, 0) is 26.3 Å². The largest absolute Gasteiger partial charge is 0.395 e. The van der Waals surface area contributed by atoms with Gasteiger partial charge in [-0.15, -0.1) is 0 Å². The summed E-state index contributed by atoms with van der Waals surface area (Å²) in [6, 6.07) is 7.19. The highest BCUT2D eigenvalue weighted by Crippen LogP contribution is 2.18. The Bertz CT molecular complexity index is 865. The Kier molecular flexibility index (Phi) is 5.92. The monoisotopic (exact) mass is 372 g/mol. The molecule has 7 nitrogen and oxygen atoms in total. The van der Waals surface area contributed by atoms with Gasteiger partial charge in [0.05, 0.1) is 18.0 Å². The number of benzene rings is 1. The highest BCUT2D eigenvalue weighted by molar-refractivity contribution is 6.04. The van der Waals surface area contributed by atoms with E-state index < -0.39 is 0 Å². The predicted molar refractivity (Wildman–Crippen MR) is 105 cm³/mol. The number of hydrogen-bond acceptors (Lipinski definition) is 5. The summed E-state index contributed by atoms with van der Waals surface area (Å²) < 4.78 is 1.39. The van der Waals surface area contributed by atoms with Gasteiger partial charge in [0.25, 0.3) is 11.5 Å². The standard InChI is InChI=1S/C20H28N4O3/c1-4-15(13-25)22-9-11-23(12-10-22)20(27)18-16-7-5-6-8-17(16)19(26)24(21-18)14(2)3/h5-8,14-15,25H,4,9-13H2,1-3H3. The number of carbonyl (C=O) groups excluding carboxylic acids is 1. The minimum atomic E-state index is -0.171. The topological polar surface area (TPSA) is 78.7 Å². The fraction of sp³-hybridized carbons (Fsp3) is 0.550. The van der Waals surface area contributed by atoms with Crippen LogP contribution in [0.15, 0.2) is 29.1 Å². The maximum Gasteiger partial charge on any atom is 0.275 e. The Balaban J connectivity index is 1.91. The Hall–Kier alpha value is -2.25. The average molecular weight is 372 g/mol. The summed E-state index contributed by atoms with van der Waals surface area (Å²) in [5, 5.41) is 15.0. The Labute approximate surface area is 159 Å². The number of nitrogens with zero attached hydrogens (tertiary/aromatic N) is 4. The van der Waals surface area contributed by atoms with Gasteiger partial charge in [-0.2, -0.15) is 5.10 Å². The molecular formula is C20H28N4O3. The summed E-state index contributed by atoms with van der Waals surface area (Å²) in [5.74, 6) is -0.141. The van der Waals surface area contributed by atoms with Crippen molar-refractivity contribution < 1.29 is 9.90 Å². The highest BCUT2D eigenvalue weighted by Gasteiger charge is 2.28. The molecular weight excluding hydrogens is 344 g/mol. The fourth-order valence-electron chi connectivity index (χ4n) is 3.66. The number of aliphatic hydroxyl groups is 1. The molecule has 3 rings (SSSR count).